The molecule has 0 bridgehead atoms. The molecule has 30 heavy (non-hydrogen) atoms. The molecule has 2 atom stereocenters. The summed E-state index contributed by atoms with van der Waals surface area (Å²) in [5, 5.41) is 3.21. The van der Waals surface area contributed by atoms with E-state index in [1.54, 1.807) is 42.5 Å². The van der Waals surface area contributed by atoms with Crippen molar-refractivity contribution >= 4 is 40.7 Å². The zero-order valence-electron chi connectivity index (χ0n) is 16.6. The highest BCUT2D eigenvalue weighted by Gasteiger charge is 2.49. The molecule has 2 aliphatic rings. The Morgan fingerprint density at radius 3 is 2.63 bits per heavy atom. The van der Waals surface area contributed by atoms with Crippen LogP contribution >= 0.6 is 11.6 Å². The van der Waals surface area contributed by atoms with Gasteiger partial charge in [-0.05, 0) is 50.1 Å². The summed E-state index contributed by atoms with van der Waals surface area (Å²) >= 11 is 6.05. The van der Waals surface area contributed by atoms with E-state index in [-0.39, 0.29) is 34.9 Å². The van der Waals surface area contributed by atoms with Crippen LogP contribution in [0.4, 0.5) is 11.4 Å². The molecule has 7 heteroatoms. The average molecular weight is 425 g/mol. The van der Waals surface area contributed by atoms with Crippen LogP contribution in [0.15, 0.2) is 54.1 Å². The first-order chi connectivity index (χ1) is 14.4. The Morgan fingerprint density at radius 2 is 1.87 bits per heavy atom. The monoisotopic (exact) mass is 424 g/mol. The number of para-hydroxylation sites is 1. The van der Waals surface area contributed by atoms with Gasteiger partial charge in [-0.25, -0.2) is 4.90 Å². The van der Waals surface area contributed by atoms with Crippen LogP contribution in [0.2, 0.25) is 5.02 Å². The molecule has 6 nitrogen and oxygen atoms in total. The molecule has 1 fully saturated rings. The number of halogens is 1. The largest absolute Gasteiger partial charge is 0.495 e. The van der Waals surface area contributed by atoms with Gasteiger partial charge in [0.1, 0.15) is 5.75 Å². The number of allylic oxidation sites excluding steroid dienone is 2. The highest BCUT2D eigenvalue weighted by molar-refractivity contribution is 6.31. The minimum absolute atomic E-state index is 0.226. The van der Waals surface area contributed by atoms with Gasteiger partial charge in [0.05, 0.1) is 35.9 Å². The van der Waals surface area contributed by atoms with Crippen LogP contribution in [0.5, 0.6) is 5.75 Å². The Morgan fingerprint density at radius 1 is 1.13 bits per heavy atom. The van der Waals surface area contributed by atoms with E-state index in [1.165, 1.54) is 12.0 Å². The van der Waals surface area contributed by atoms with E-state index in [0.29, 0.717) is 29.3 Å². The highest BCUT2D eigenvalue weighted by atomic mass is 35.5. The lowest BCUT2D eigenvalue weighted by atomic mass is 9.82. The molecule has 1 aliphatic heterocycles. The Kier molecular flexibility index (Phi) is 5.35. The second-order valence-corrected chi connectivity index (χ2v) is 7.97. The molecular formula is C23H21ClN2O4. The van der Waals surface area contributed by atoms with Gasteiger partial charge in [0, 0.05) is 5.02 Å². The van der Waals surface area contributed by atoms with E-state index < -0.39 is 5.91 Å². The topological polar surface area (TPSA) is 75.7 Å². The summed E-state index contributed by atoms with van der Waals surface area (Å²) in [5.41, 5.74) is 2.03. The number of nitrogens with zero attached hydrogens (tertiary/aromatic N) is 1. The fourth-order valence-corrected chi connectivity index (χ4v) is 4.28. The van der Waals surface area contributed by atoms with E-state index in [0.717, 1.165) is 5.57 Å². The Bertz CT molecular complexity index is 1080. The van der Waals surface area contributed by atoms with Crippen LogP contribution in [-0.2, 0) is 9.59 Å². The van der Waals surface area contributed by atoms with Crippen molar-refractivity contribution in [2.45, 2.75) is 19.8 Å². The number of carbonyl (C=O) groups excluding carboxylic acids is 3. The van der Waals surface area contributed by atoms with E-state index in [2.05, 4.69) is 5.32 Å². The molecule has 1 N–H and O–H groups in total. The van der Waals surface area contributed by atoms with Crippen molar-refractivity contribution in [2.75, 3.05) is 17.3 Å². The number of carbonyl (C=O) groups is 3. The minimum atomic E-state index is -0.462. The van der Waals surface area contributed by atoms with Gasteiger partial charge in [-0.1, -0.05) is 35.4 Å². The summed E-state index contributed by atoms with van der Waals surface area (Å²) in [4.78, 5) is 40.4. The van der Waals surface area contributed by atoms with Crippen molar-refractivity contribution in [3.8, 4) is 5.75 Å². The van der Waals surface area contributed by atoms with Gasteiger partial charge in [-0.3, -0.25) is 14.4 Å². The lowest BCUT2D eigenvalue weighted by molar-refractivity contribution is -0.122. The molecule has 0 saturated carbocycles. The van der Waals surface area contributed by atoms with Gasteiger partial charge in [0.25, 0.3) is 5.91 Å². The van der Waals surface area contributed by atoms with Gasteiger partial charge < -0.3 is 10.1 Å². The molecule has 2 aromatic rings. The molecule has 4 rings (SSSR count). The number of rotatable bonds is 4. The number of imide groups is 1. The molecule has 0 radical (unpaired) electrons. The average Bonchev–Trinajstić information content (AvgIpc) is 2.97. The Labute approximate surface area is 179 Å². The smallest absolute Gasteiger partial charge is 0.257 e. The number of hydrogen-bond donors (Lipinski definition) is 1. The van der Waals surface area contributed by atoms with Gasteiger partial charge in [-0.2, -0.15) is 0 Å². The third-order valence-corrected chi connectivity index (χ3v) is 5.86. The number of anilines is 2. The van der Waals surface area contributed by atoms with Gasteiger partial charge in [-0.15, -0.1) is 0 Å². The van der Waals surface area contributed by atoms with E-state index in [1.807, 2.05) is 13.0 Å². The molecule has 3 amide bonds. The third-order valence-electron chi connectivity index (χ3n) is 5.62. The zero-order valence-corrected chi connectivity index (χ0v) is 17.4. The number of methoxy groups -OCH3 is 1. The summed E-state index contributed by atoms with van der Waals surface area (Å²) in [6.07, 6.45) is 3.13. The summed E-state index contributed by atoms with van der Waals surface area (Å²) in [6.45, 7) is 1.97. The summed E-state index contributed by atoms with van der Waals surface area (Å²) in [5.74, 6) is -1.26. The maximum Gasteiger partial charge on any atom is 0.257 e. The van der Waals surface area contributed by atoms with Gasteiger partial charge in [0.2, 0.25) is 11.8 Å². The van der Waals surface area contributed by atoms with Crippen LogP contribution < -0.4 is 15.0 Å². The van der Waals surface area contributed by atoms with Crippen LogP contribution in [-0.4, -0.2) is 24.8 Å². The Hall–Kier alpha value is -3.12. The number of nitrogens with one attached hydrogen (secondary N) is 1. The van der Waals surface area contributed by atoms with Crippen LogP contribution in [0.25, 0.3) is 0 Å². The summed E-state index contributed by atoms with van der Waals surface area (Å²) < 4.78 is 5.28. The first kappa shape index (κ1) is 20.2. The van der Waals surface area contributed by atoms with Crippen molar-refractivity contribution in [3.05, 3.63) is 64.7 Å². The summed E-state index contributed by atoms with van der Waals surface area (Å²) in [7, 11) is 1.49. The van der Waals surface area contributed by atoms with Crippen LogP contribution in [0, 0.1) is 11.8 Å². The van der Waals surface area contributed by atoms with Gasteiger partial charge in [0.15, 0.2) is 0 Å². The molecule has 154 valence electrons. The lowest BCUT2D eigenvalue weighted by Gasteiger charge is -2.19. The predicted molar refractivity (Wildman–Crippen MR) is 115 cm³/mol. The quantitative estimate of drug-likeness (QED) is 0.581. The number of fused-ring (bicyclic) bond motifs is 1. The molecular weight excluding hydrogens is 404 g/mol. The van der Waals surface area contributed by atoms with E-state index >= 15 is 0 Å². The number of hydrogen-bond acceptors (Lipinski definition) is 4. The zero-order chi connectivity index (χ0) is 21.4. The molecule has 2 aromatic carbocycles. The van der Waals surface area contributed by atoms with Crippen LogP contribution in [0.1, 0.15) is 30.1 Å². The molecule has 0 spiro atoms. The third kappa shape index (κ3) is 3.48. The number of benzene rings is 2. The SMILES string of the molecule is COc1ccc(Cl)cc1NC(=O)c1ccccc1N1C(=O)[C@@H]2CC=C(C)C[C@H]2C1=O. The van der Waals surface area contributed by atoms with Crippen molar-refractivity contribution in [2.24, 2.45) is 11.8 Å². The normalized spacial score (nSPS) is 20.6. The fraction of sp³-hybridized carbons (Fsp3) is 0.261. The first-order valence-corrected chi connectivity index (χ1v) is 10.1. The minimum Gasteiger partial charge on any atom is -0.495 e. The molecule has 1 saturated heterocycles. The Balaban J connectivity index is 1.67. The van der Waals surface area contributed by atoms with Gasteiger partial charge >= 0.3 is 0 Å². The lowest BCUT2D eigenvalue weighted by Crippen LogP contribution is -2.33. The number of ether oxygens (including phenoxy) is 1. The molecule has 0 unspecified atom stereocenters. The molecule has 0 aromatic heterocycles. The van der Waals surface area contributed by atoms with E-state index in [9.17, 15) is 14.4 Å². The fourth-order valence-electron chi connectivity index (χ4n) is 4.10. The second-order valence-electron chi connectivity index (χ2n) is 7.53. The maximum absolute atomic E-state index is 13.1. The predicted octanol–water partition coefficient (Wildman–Crippen LogP) is 4.45. The molecule has 1 heterocycles. The summed E-state index contributed by atoms with van der Waals surface area (Å²) in [6, 6.07) is 11.5. The maximum atomic E-state index is 13.1. The number of amides is 3. The van der Waals surface area contributed by atoms with Crippen molar-refractivity contribution in [1.82, 2.24) is 0 Å². The van der Waals surface area contributed by atoms with Crippen LogP contribution in [0.3, 0.4) is 0 Å². The van der Waals surface area contributed by atoms with Crippen molar-refractivity contribution in [3.63, 3.8) is 0 Å². The highest BCUT2D eigenvalue weighted by Crippen LogP contribution is 2.40. The second kappa shape index (κ2) is 7.95. The van der Waals surface area contributed by atoms with Crippen molar-refractivity contribution < 1.29 is 19.1 Å². The molecule has 1 aliphatic carbocycles. The van der Waals surface area contributed by atoms with Crippen molar-refractivity contribution in [1.29, 1.82) is 0 Å². The first-order valence-electron chi connectivity index (χ1n) is 9.68. The standard InChI is InChI=1S/C23H21ClN2O4/c1-13-7-9-15-17(11-13)23(29)26(22(15)28)19-6-4-3-5-16(19)21(27)25-18-12-14(24)8-10-20(18)30-2/h3-8,10,12,15,17H,9,11H2,1-2H3,(H,25,27)/t15-,17-/m1/s1. The van der Waals surface area contributed by atoms with E-state index in [4.69, 9.17) is 16.3 Å².